The summed E-state index contributed by atoms with van der Waals surface area (Å²) < 4.78 is 18.9. The lowest BCUT2D eigenvalue weighted by molar-refractivity contribution is -0.132. The molecule has 1 fully saturated rings. The average molecular weight is 413 g/mol. The predicted molar refractivity (Wildman–Crippen MR) is 114 cm³/mol. The Labute approximate surface area is 177 Å². The monoisotopic (exact) mass is 412 g/mol. The lowest BCUT2D eigenvalue weighted by atomic mass is 9.98. The first-order valence-electron chi connectivity index (χ1n) is 10.5. The number of hydrogen-bond donors (Lipinski definition) is 1. The molecule has 2 aromatic rings. The lowest BCUT2D eigenvalue weighted by Crippen LogP contribution is -2.42. The SMILES string of the molecule is CC(C)NC(=O)c1ccc(OCC2CCCN(C(=O)Cc3ccc(F)cc3)C2)cc1. The molecule has 1 aliphatic heterocycles. The van der Waals surface area contributed by atoms with Crippen molar-refractivity contribution in [2.24, 2.45) is 5.92 Å². The van der Waals surface area contributed by atoms with Gasteiger partial charge in [-0.15, -0.1) is 0 Å². The smallest absolute Gasteiger partial charge is 0.251 e. The maximum atomic E-state index is 13.0. The third-order valence-corrected chi connectivity index (χ3v) is 5.16. The molecule has 1 N–H and O–H groups in total. The van der Waals surface area contributed by atoms with Crippen LogP contribution in [0, 0.1) is 11.7 Å². The Hall–Kier alpha value is -2.89. The normalized spacial score (nSPS) is 16.4. The molecule has 2 amide bonds. The third-order valence-electron chi connectivity index (χ3n) is 5.16. The van der Waals surface area contributed by atoms with Gasteiger partial charge in [0.2, 0.25) is 5.91 Å². The molecule has 1 saturated heterocycles. The van der Waals surface area contributed by atoms with E-state index in [0.717, 1.165) is 24.9 Å². The number of carbonyl (C=O) groups is 2. The quantitative estimate of drug-likeness (QED) is 0.752. The molecule has 1 heterocycles. The van der Waals surface area contributed by atoms with Crippen LogP contribution in [0.4, 0.5) is 4.39 Å². The number of halogens is 1. The van der Waals surface area contributed by atoms with Crippen LogP contribution in [0.2, 0.25) is 0 Å². The molecule has 0 saturated carbocycles. The minimum atomic E-state index is -0.296. The van der Waals surface area contributed by atoms with E-state index >= 15 is 0 Å². The number of likely N-dealkylation sites (tertiary alicyclic amines) is 1. The van der Waals surface area contributed by atoms with Crippen LogP contribution in [0.1, 0.15) is 42.6 Å². The summed E-state index contributed by atoms with van der Waals surface area (Å²) in [6.07, 6.45) is 2.24. The zero-order chi connectivity index (χ0) is 21.5. The molecule has 0 aliphatic carbocycles. The van der Waals surface area contributed by atoms with Gasteiger partial charge < -0.3 is 15.0 Å². The van der Waals surface area contributed by atoms with Gasteiger partial charge in [-0.3, -0.25) is 9.59 Å². The highest BCUT2D eigenvalue weighted by molar-refractivity contribution is 5.94. The molecule has 0 spiro atoms. The van der Waals surface area contributed by atoms with Crippen LogP contribution in [-0.2, 0) is 11.2 Å². The first kappa shape index (κ1) is 21.8. The Balaban J connectivity index is 1.48. The third kappa shape index (κ3) is 6.31. The fourth-order valence-electron chi connectivity index (χ4n) is 3.58. The maximum absolute atomic E-state index is 13.0. The highest BCUT2D eigenvalue weighted by atomic mass is 19.1. The maximum Gasteiger partial charge on any atom is 0.251 e. The summed E-state index contributed by atoms with van der Waals surface area (Å²) in [7, 11) is 0. The number of hydrogen-bond acceptors (Lipinski definition) is 3. The van der Waals surface area contributed by atoms with E-state index in [1.165, 1.54) is 12.1 Å². The minimum Gasteiger partial charge on any atom is -0.493 e. The van der Waals surface area contributed by atoms with Crippen molar-refractivity contribution >= 4 is 11.8 Å². The molecule has 160 valence electrons. The van der Waals surface area contributed by atoms with Crippen LogP contribution < -0.4 is 10.1 Å². The highest BCUT2D eigenvalue weighted by Crippen LogP contribution is 2.20. The fourth-order valence-corrected chi connectivity index (χ4v) is 3.58. The lowest BCUT2D eigenvalue weighted by Gasteiger charge is -2.32. The number of piperidine rings is 1. The molecule has 1 unspecified atom stereocenters. The second-order valence-corrected chi connectivity index (χ2v) is 8.11. The van der Waals surface area contributed by atoms with Crippen molar-refractivity contribution in [1.29, 1.82) is 0 Å². The highest BCUT2D eigenvalue weighted by Gasteiger charge is 2.24. The van der Waals surface area contributed by atoms with Crippen molar-refractivity contribution < 1.29 is 18.7 Å². The molecular formula is C24H29FN2O3. The van der Waals surface area contributed by atoms with E-state index in [0.29, 0.717) is 24.5 Å². The molecule has 1 atom stereocenters. The zero-order valence-electron chi connectivity index (χ0n) is 17.6. The topological polar surface area (TPSA) is 58.6 Å². The summed E-state index contributed by atoms with van der Waals surface area (Å²) in [4.78, 5) is 26.5. The van der Waals surface area contributed by atoms with Crippen LogP contribution in [0.15, 0.2) is 48.5 Å². The summed E-state index contributed by atoms with van der Waals surface area (Å²) in [5.74, 6) is 0.645. The van der Waals surface area contributed by atoms with Gasteiger partial charge in [-0.2, -0.15) is 0 Å². The van der Waals surface area contributed by atoms with E-state index < -0.39 is 0 Å². The first-order chi connectivity index (χ1) is 14.4. The second kappa shape index (κ2) is 10.2. The Morgan fingerprint density at radius 1 is 1.13 bits per heavy atom. The van der Waals surface area contributed by atoms with Gasteiger partial charge in [0.15, 0.2) is 0 Å². The molecule has 0 bridgehead atoms. The minimum absolute atomic E-state index is 0.0619. The molecular weight excluding hydrogens is 383 g/mol. The van der Waals surface area contributed by atoms with Gasteiger partial charge in [0, 0.05) is 30.6 Å². The first-order valence-corrected chi connectivity index (χ1v) is 10.5. The van der Waals surface area contributed by atoms with E-state index in [1.807, 2.05) is 18.7 Å². The van der Waals surface area contributed by atoms with E-state index in [9.17, 15) is 14.0 Å². The standard InChI is InChI=1S/C24H29FN2O3/c1-17(2)26-24(29)20-7-11-22(12-8-20)30-16-19-4-3-13-27(15-19)23(28)14-18-5-9-21(25)10-6-18/h5-12,17,19H,3-4,13-16H2,1-2H3,(H,26,29). The Morgan fingerprint density at radius 2 is 1.83 bits per heavy atom. The molecule has 2 aromatic carbocycles. The van der Waals surface area contributed by atoms with Crippen molar-refractivity contribution in [2.45, 2.75) is 39.2 Å². The number of nitrogens with zero attached hydrogens (tertiary/aromatic N) is 1. The van der Waals surface area contributed by atoms with Gasteiger partial charge in [0.25, 0.3) is 5.91 Å². The predicted octanol–water partition coefficient (Wildman–Crippen LogP) is 3.82. The van der Waals surface area contributed by atoms with Gasteiger partial charge in [0.05, 0.1) is 13.0 Å². The van der Waals surface area contributed by atoms with E-state index in [-0.39, 0.29) is 36.0 Å². The number of carbonyl (C=O) groups excluding carboxylic acids is 2. The van der Waals surface area contributed by atoms with Crippen molar-refractivity contribution in [3.8, 4) is 5.75 Å². The second-order valence-electron chi connectivity index (χ2n) is 8.11. The van der Waals surface area contributed by atoms with Gasteiger partial charge >= 0.3 is 0 Å². The van der Waals surface area contributed by atoms with Gasteiger partial charge in [-0.05, 0) is 68.7 Å². The van der Waals surface area contributed by atoms with Crippen LogP contribution in [0.3, 0.4) is 0 Å². The van der Waals surface area contributed by atoms with E-state index in [1.54, 1.807) is 36.4 Å². The number of amides is 2. The molecule has 0 radical (unpaired) electrons. The van der Waals surface area contributed by atoms with E-state index in [4.69, 9.17) is 4.74 Å². The summed E-state index contributed by atoms with van der Waals surface area (Å²) in [6.45, 7) is 5.78. The summed E-state index contributed by atoms with van der Waals surface area (Å²) in [5, 5.41) is 2.86. The molecule has 6 heteroatoms. The number of ether oxygens (including phenoxy) is 1. The van der Waals surface area contributed by atoms with Gasteiger partial charge in [0.1, 0.15) is 11.6 Å². The fraction of sp³-hybridized carbons (Fsp3) is 0.417. The zero-order valence-corrected chi connectivity index (χ0v) is 17.6. The van der Waals surface area contributed by atoms with Crippen molar-refractivity contribution in [2.75, 3.05) is 19.7 Å². The van der Waals surface area contributed by atoms with Crippen molar-refractivity contribution in [1.82, 2.24) is 10.2 Å². The summed E-state index contributed by atoms with van der Waals surface area (Å²) in [6, 6.07) is 13.3. The number of rotatable bonds is 7. The Morgan fingerprint density at radius 3 is 2.50 bits per heavy atom. The molecule has 30 heavy (non-hydrogen) atoms. The van der Waals surface area contributed by atoms with Crippen LogP contribution in [0.25, 0.3) is 0 Å². The molecule has 0 aromatic heterocycles. The Bertz CT molecular complexity index is 850. The summed E-state index contributed by atoms with van der Waals surface area (Å²) in [5.41, 5.74) is 1.42. The van der Waals surface area contributed by atoms with Crippen LogP contribution in [-0.4, -0.2) is 42.5 Å². The Kier molecular flexibility index (Phi) is 7.44. The molecule has 1 aliphatic rings. The molecule has 3 rings (SSSR count). The van der Waals surface area contributed by atoms with E-state index in [2.05, 4.69) is 5.32 Å². The summed E-state index contributed by atoms with van der Waals surface area (Å²) >= 11 is 0. The van der Waals surface area contributed by atoms with Crippen LogP contribution >= 0.6 is 0 Å². The average Bonchev–Trinajstić information content (AvgIpc) is 2.74. The van der Waals surface area contributed by atoms with Gasteiger partial charge in [-0.25, -0.2) is 4.39 Å². The molecule has 5 nitrogen and oxygen atoms in total. The largest absolute Gasteiger partial charge is 0.493 e. The van der Waals surface area contributed by atoms with Crippen molar-refractivity contribution in [3.63, 3.8) is 0 Å². The van der Waals surface area contributed by atoms with Crippen molar-refractivity contribution in [3.05, 3.63) is 65.5 Å². The number of benzene rings is 2. The number of nitrogens with one attached hydrogen (secondary N) is 1. The van der Waals surface area contributed by atoms with Gasteiger partial charge in [-0.1, -0.05) is 12.1 Å². The van der Waals surface area contributed by atoms with Crippen LogP contribution in [0.5, 0.6) is 5.75 Å².